The predicted molar refractivity (Wildman–Crippen MR) is 75.9 cm³/mol. The number of benzene rings is 2. The maximum absolute atomic E-state index is 12.2. The lowest BCUT2D eigenvalue weighted by molar-refractivity contribution is 0.0991. The largest absolute Gasteiger partial charge is 0.508 e. The lowest BCUT2D eigenvalue weighted by atomic mass is 10.0. The Morgan fingerprint density at radius 1 is 1.05 bits per heavy atom. The summed E-state index contributed by atoms with van der Waals surface area (Å²) < 4.78 is 11.4. The molecule has 7 heteroatoms. The molecule has 0 aliphatic carbocycles. The van der Waals surface area contributed by atoms with Gasteiger partial charge in [0.1, 0.15) is 11.5 Å². The van der Waals surface area contributed by atoms with Crippen LogP contribution >= 0.6 is 7.60 Å². The molecule has 110 valence electrons. The van der Waals surface area contributed by atoms with E-state index in [1.54, 1.807) is 12.1 Å². The fourth-order valence-corrected chi connectivity index (χ4v) is 2.81. The zero-order chi connectivity index (χ0) is 15.6. The minimum absolute atomic E-state index is 0.0206. The number of hydrogen-bond acceptors (Lipinski definition) is 4. The van der Waals surface area contributed by atoms with Gasteiger partial charge >= 0.3 is 7.60 Å². The molecule has 0 aliphatic rings. The molecule has 0 unspecified atom stereocenters. The van der Waals surface area contributed by atoms with Gasteiger partial charge in [-0.05, 0) is 29.8 Å². The van der Waals surface area contributed by atoms with Crippen LogP contribution in [-0.2, 0) is 11.0 Å². The van der Waals surface area contributed by atoms with E-state index in [2.05, 4.69) is 0 Å². The molecule has 0 aliphatic heterocycles. The van der Waals surface area contributed by atoms with Crippen molar-refractivity contribution < 1.29 is 29.4 Å². The topological polar surface area (TPSA) is 115 Å². The maximum atomic E-state index is 12.2. The van der Waals surface area contributed by atoms with Crippen molar-refractivity contribution in [2.24, 2.45) is 0 Å². The summed E-state index contributed by atoms with van der Waals surface area (Å²) in [7, 11) is -4.68. The molecule has 0 atom stereocenters. The average Bonchev–Trinajstić information content (AvgIpc) is 2.37. The molecule has 0 saturated carbocycles. The zero-order valence-electron chi connectivity index (χ0n) is 10.8. The molecule has 0 heterocycles. The highest BCUT2D eigenvalue weighted by Gasteiger charge is 2.27. The van der Waals surface area contributed by atoms with Crippen molar-refractivity contribution in [1.82, 2.24) is 0 Å². The Kier molecular flexibility index (Phi) is 4.14. The van der Waals surface area contributed by atoms with Gasteiger partial charge in [-0.3, -0.25) is 9.36 Å². The van der Waals surface area contributed by atoms with Crippen molar-refractivity contribution in [1.29, 1.82) is 0 Å². The number of carbonyl (C=O) groups is 1. The molecule has 0 bridgehead atoms. The molecule has 2 rings (SSSR count). The normalized spacial score (nSPS) is 11.3. The van der Waals surface area contributed by atoms with Gasteiger partial charge < -0.3 is 20.0 Å². The third-order valence-electron chi connectivity index (χ3n) is 2.89. The Labute approximate surface area is 120 Å². The number of carbonyl (C=O) groups excluding carboxylic acids is 1. The maximum Gasteiger partial charge on any atom is 0.357 e. The molecule has 0 aromatic heterocycles. The lowest BCUT2D eigenvalue weighted by Crippen LogP contribution is -2.17. The molecule has 0 spiro atoms. The molecule has 2 aromatic rings. The summed E-state index contributed by atoms with van der Waals surface area (Å²) >= 11 is 0. The number of Topliss-reactive ketones (excluding diaryl/α,β-unsaturated/α-hetero) is 1. The van der Waals surface area contributed by atoms with Crippen LogP contribution in [0.15, 0.2) is 42.5 Å². The van der Waals surface area contributed by atoms with Gasteiger partial charge in [0.05, 0.1) is 10.9 Å². The molecule has 6 nitrogen and oxygen atoms in total. The molecule has 4 N–H and O–H groups in total. The number of ketones is 1. The van der Waals surface area contributed by atoms with Crippen molar-refractivity contribution >= 4 is 18.7 Å². The van der Waals surface area contributed by atoms with E-state index in [1.807, 2.05) is 0 Å². The third kappa shape index (κ3) is 3.49. The SMILES string of the molecule is O=C(Cc1cccc(O)c1)c1c(O)cccc1P(=O)(O)O. The summed E-state index contributed by atoms with van der Waals surface area (Å²) in [4.78, 5) is 30.8. The average molecular weight is 308 g/mol. The van der Waals surface area contributed by atoms with Crippen LogP contribution in [0.2, 0.25) is 0 Å². The van der Waals surface area contributed by atoms with Gasteiger partial charge in [-0.2, -0.15) is 0 Å². The van der Waals surface area contributed by atoms with E-state index in [9.17, 15) is 29.4 Å². The van der Waals surface area contributed by atoms with Crippen LogP contribution in [0.4, 0.5) is 0 Å². The number of phenolic OH excluding ortho intramolecular Hbond substituents is 2. The Hall–Kier alpha value is -2.14. The number of aromatic hydroxyl groups is 2. The van der Waals surface area contributed by atoms with Gasteiger partial charge in [-0.15, -0.1) is 0 Å². The standard InChI is InChI=1S/C14H13O6P/c15-10-4-1-3-9(7-10)8-12(17)14-11(16)5-2-6-13(14)21(18,19)20/h1-7,15-16H,8H2,(H2,18,19,20). The number of hydrogen-bond donors (Lipinski definition) is 4. The van der Waals surface area contributed by atoms with Gasteiger partial charge in [0.2, 0.25) is 0 Å². The van der Waals surface area contributed by atoms with E-state index < -0.39 is 30.0 Å². The summed E-state index contributed by atoms with van der Waals surface area (Å²) in [6.07, 6.45) is -0.195. The fourth-order valence-electron chi connectivity index (χ4n) is 2.00. The van der Waals surface area contributed by atoms with Gasteiger partial charge in [-0.1, -0.05) is 18.2 Å². The van der Waals surface area contributed by atoms with Crippen LogP contribution in [-0.4, -0.2) is 25.8 Å². The van der Waals surface area contributed by atoms with Crippen molar-refractivity contribution in [3.63, 3.8) is 0 Å². The molecular formula is C14H13O6P. The lowest BCUT2D eigenvalue weighted by Gasteiger charge is -2.11. The Bertz CT molecular complexity index is 734. The predicted octanol–water partition coefficient (Wildman–Crippen LogP) is 1.33. The van der Waals surface area contributed by atoms with Gasteiger partial charge in [-0.25, -0.2) is 0 Å². The van der Waals surface area contributed by atoms with Crippen molar-refractivity contribution in [3.05, 3.63) is 53.6 Å². The first-order valence-electron chi connectivity index (χ1n) is 5.98. The Morgan fingerprint density at radius 2 is 1.71 bits per heavy atom. The third-order valence-corrected chi connectivity index (χ3v) is 3.89. The second-order valence-corrected chi connectivity index (χ2v) is 6.06. The molecule has 2 aromatic carbocycles. The first-order chi connectivity index (χ1) is 9.79. The molecular weight excluding hydrogens is 295 g/mol. The van der Waals surface area contributed by atoms with E-state index in [-0.39, 0.29) is 12.2 Å². The summed E-state index contributed by atoms with van der Waals surface area (Å²) in [5, 5.41) is 18.6. The highest BCUT2D eigenvalue weighted by atomic mass is 31.2. The molecule has 0 saturated heterocycles. The first-order valence-corrected chi connectivity index (χ1v) is 7.59. The smallest absolute Gasteiger partial charge is 0.357 e. The van der Waals surface area contributed by atoms with Crippen LogP contribution in [0.3, 0.4) is 0 Å². The van der Waals surface area contributed by atoms with E-state index in [4.69, 9.17) is 0 Å². The minimum atomic E-state index is -4.68. The fraction of sp³-hybridized carbons (Fsp3) is 0.0714. The number of phenols is 2. The van der Waals surface area contributed by atoms with Crippen LogP contribution in [0.1, 0.15) is 15.9 Å². The van der Waals surface area contributed by atoms with Crippen LogP contribution in [0, 0.1) is 0 Å². The quantitative estimate of drug-likeness (QED) is 0.500. The summed E-state index contributed by atoms with van der Waals surface area (Å²) in [6, 6.07) is 9.51. The van der Waals surface area contributed by atoms with Gasteiger partial charge in [0.25, 0.3) is 0 Å². The van der Waals surface area contributed by atoms with E-state index in [0.717, 1.165) is 6.07 Å². The Morgan fingerprint density at radius 3 is 2.33 bits per heavy atom. The van der Waals surface area contributed by atoms with Crippen molar-refractivity contribution in [2.75, 3.05) is 0 Å². The second-order valence-electron chi connectivity index (χ2n) is 4.49. The summed E-state index contributed by atoms with van der Waals surface area (Å²) in [5.74, 6) is -1.15. The summed E-state index contributed by atoms with van der Waals surface area (Å²) in [6.45, 7) is 0. The van der Waals surface area contributed by atoms with E-state index in [0.29, 0.717) is 5.56 Å². The Balaban J connectivity index is 2.42. The zero-order valence-corrected chi connectivity index (χ0v) is 11.7. The van der Waals surface area contributed by atoms with Crippen LogP contribution in [0.5, 0.6) is 11.5 Å². The highest BCUT2D eigenvalue weighted by Crippen LogP contribution is 2.37. The molecule has 0 radical (unpaired) electrons. The first kappa shape index (κ1) is 15.3. The summed E-state index contributed by atoms with van der Waals surface area (Å²) in [5.41, 5.74) is 0.0779. The molecule has 0 fully saturated rings. The van der Waals surface area contributed by atoms with E-state index in [1.165, 1.54) is 24.3 Å². The molecule has 21 heavy (non-hydrogen) atoms. The van der Waals surface area contributed by atoms with Crippen LogP contribution < -0.4 is 5.30 Å². The van der Waals surface area contributed by atoms with Gasteiger partial charge in [0.15, 0.2) is 5.78 Å². The highest BCUT2D eigenvalue weighted by molar-refractivity contribution is 7.60. The minimum Gasteiger partial charge on any atom is -0.508 e. The van der Waals surface area contributed by atoms with Crippen molar-refractivity contribution in [2.45, 2.75) is 6.42 Å². The van der Waals surface area contributed by atoms with Gasteiger partial charge in [0, 0.05) is 6.42 Å². The number of rotatable bonds is 4. The monoisotopic (exact) mass is 308 g/mol. The molecule has 0 amide bonds. The van der Waals surface area contributed by atoms with E-state index >= 15 is 0 Å². The second kappa shape index (κ2) is 5.69. The van der Waals surface area contributed by atoms with Crippen LogP contribution in [0.25, 0.3) is 0 Å². The van der Waals surface area contributed by atoms with Crippen molar-refractivity contribution in [3.8, 4) is 11.5 Å².